The second-order valence-corrected chi connectivity index (χ2v) is 5.30. The maximum Gasteiger partial charge on any atom is 0.274 e. The molecule has 0 saturated carbocycles. The summed E-state index contributed by atoms with van der Waals surface area (Å²) in [6.07, 6.45) is 3.03. The topological polar surface area (TPSA) is 101 Å². The molecule has 134 valence electrons. The fraction of sp³-hybridized carbons (Fsp3) is 0.211. The van der Waals surface area contributed by atoms with Gasteiger partial charge in [-0.1, -0.05) is 43.7 Å². The number of hydrogen-bond acceptors (Lipinski definition) is 5. The third kappa shape index (κ3) is 5.07. The van der Waals surface area contributed by atoms with E-state index in [0.717, 1.165) is 11.1 Å². The van der Waals surface area contributed by atoms with Gasteiger partial charge in [-0.15, -0.1) is 5.10 Å². The number of aromatic nitrogens is 4. The summed E-state index contributed by atoms with van der Waals surface area (Å²) >= 11 is 0. The third-order valence-corrected chi connectivity index (χ3v) is 3.34. The van der Waals surface area contributed by atoms with Crippen molar-refractivity contribution in [3.8, 4) is 11.5 Å². The molecule has 3 aromatic rings. The van der Waals surface area contributed by atoms with Crippen molar-refractivity contribution in [3.05, 3.63) is 70.3 Å². The lowest BCUT2D eigenvalue weighted by molar-refractivity contribution is -0.115. The number of anilines is 1. The SMILES string of the molecule is CC.Cc1cccc(CC(=O)Nc2cnc(-c3cccnn3)[nH]c2=O)c1. The minimum Gasteiger partial charge on any atom is -0.320 e. The number of amides is 1. The quantitative estimate of drug-likeness (QED) is 0.753. The summed E-state index contributed by atoms with van der Waals surface area (Å²) in [5, 5.41) is 10.2. The summed E-state index contributed by atoms with van der Waals surface area (Å²) in [6.45, 7) is 5.96. The zero-order valence-electron chi connectivity index (χ0n) is 15.0. The Bertz CT molecular complexity index is 922. The van der Waals surface area contributed by atoms with Crippen LogP contribution in [0.2, 0.25) is 0 Å². The van der Waals surface area contributed by atoms with E-state index in [1.54, 1.807) is 12.1 Å². The van der Waals surface area contributed by atoms with Gasteiger partial charge in [0.05, 0.1) is 12.6 Å². The molecule has 0 unspecified atom stereocenters. The highest BCUT2D eigenvalue weighted by molar-refractivity contribution is 5.92. The van der Waals surface area contributed by atoms with Gasteiger partial charge in [-0.3, -0.25) is 9.59 Å². The molecule has 2 heterocycles. The van der Waals surface area contributed by atoms with E-state index in [-0.39, 0.29) is 18.0 Å². The van der Waals surface area contributed by atoms with Crippen molar-refractivity contribution < 1.29 is 4.79 Å². The monoisotopic (exact) mass is 351 g/mol. The molecule has 0 fully saturated rings. The molecule has 1 amide bonds. The fourth-order valence-electron chi connectivity index (χ4n) is 2.24. The highest BCUT2D eigenvalue weighted by Crippen LogP contribution is 2.09. The van der Waals surface area contributed by atoms with E-state index in [4.69, 9.17) is 0 Å². The molecule has 0 bridgehead atoms. The zero-order chi connectivity index (χ0) is 18.9. The first-order valence-corrected chi connectivity index (χ1v) is 8.34. The lowest BCUT2D eigenvalue weighted by atomic mass is 10.1. The summed E-state index contributed by atoms with van der Waals surface area (Å²) in [5.74, 6) is 0.0185. The Kier molecular flexibility index (Phi) is 6.73. The molecule has 1 aromatic carbocycles. The number of benzene rings is 1. The Hall–Kier alpha value is -3.35. The number of aromatic amines is 1. The van der Waals surface area contributed by atoms with Gasteiger partial charge in [0.1, 0.15) is 11.4 Å². The van der Waals surface area contributed by atoms with Crippen LogP contribution in [-0.4, -0.2) is 26.1 Å². The van der Waals surface area contributed by atoms with Gasteiger partial charge < -0.3 is 10.3 Å². The van der Waals surface area contributed by atoms with E-state index < -0.39 is 5.56 Å². The van der Waals surface area contributed by atoms with Gasteiger partial charge in [0.25, 0.3) is 5.56 Å². The number of rotatable bonds is 4. The first-order chi connectivity index (χ1) is 12.6. The number of carbonyl (C=O) groups excluding carboxylic acids is 1. The van der Waals surface area contributed by atoms with E-state index in [2.05, 4.69) is 25.5 Å². The normalized spacial score (nSPS) is 9.81. The van der Waals surface area contributed by atoms with E-state index in [0.29, 0.717) is 11.5 Å². The Morgan fingerprint density at radius 2 is 2.00 bits per heavy atom. The molecule has 3 rings (SSSR count). The number of carbonyl (C=O) groups is 1. The number of H-pyrrole nitrogens is 1. The number of nitrogens with zero attached hydrogens (tertiary/aromatic N) is 3. The molecule has 7 nitrogen and oxygen atoms in total. The van der Waals surface area contributed by atoms with Crippen LogP contribution in [0, 0.1) is 6.92 Å². The van der Waals surface area contributed by atoms with Crippen molar-refractivity contribution in [2.45, 2.75) is 27.2 Å². The van der Waals surface area contributed by atoms with Crippen molar-refractivity contribution in [3.63, 3.8) is 0 Å². The van der Waals surface area contributed by atoms with Crippen LogP contribution < -0.4 is 10.9 Å². The standard InChI is InChI=1S/C17H15N5O2.C2H6/c1-11-4-2-5-12(8-11)9-15(23)20-14-10-18-16(21-17(14)24)13-6-3-7-19-22-13;1-2/h2-8,10H,9H2,1H3,(H,20,23)(H,18,21,24);1-2H3. The zero-order valence-corrected chi connectivity index (χ0v) is 15.0. The number of hydrogen-bond donors (Lipinski definition) is 2. The van der Waals surface area contributed by atoms with Crippen LogP contribution in [0.3, 0.4) is 0 Å². The number of aryl methyl sites for hydroxylation is 1. The van der Waals surface area contributed by atoms with Crippen molar-refractivity contribution >= 4 is 11.6 Å². The van der Waals surface area contributed by atoms with Gasteiger partial charge in [0, 0.05) is 6.20 Å². The lowest BCUT2D eigenvalue weighted by Gasteiger charge is -2.06. The summed E-state index contributed by atoms with van der Waals surface area (Å²) in [7, 11) is 0. The van der Waals surface area contributed by atoms with Gasteiger partial charge >= 0.3 is 0 Å². The molecule has 0 spiro atoms. The molecule has 0 radical (unpaired) electrons. The van der Waals surface area contributed by atoms with E-state index >= 15 is 0 Å². The number of nitrogens with one attached hydrogen (secondary N) is 2. The lowest BCUT2D eigenvalue weighted by Crippen LogP contribution is -2.22. The Labute approximate surface area is 151 Å². The van der Waals surface area contributed by atoms with Gasteiger partial charge in [-0.2, -0.15) is 5.10 Å². The van der Waals surface area contributed by atoms with E-state index in [1.165, 1.54) is 12.4 Å². The Morgan fingerprint density at radius 1 is 1.19 bits per heavy atom. The van der Waals surface area contributed by atoms with E-state index in [9.17, 15) is 9.59 Å². The largest absolute Gasteiger partial charge is 0.320 e. The predicted octanol–water partition coefficient (Wildman–Crippen LogP) is 2.74. The molecule has 0 saturated heterocycles. The molecular weight excluding hydrogens is 330 g/mol. The van der Waals surface area contributed by atoms with Crippen LogP contribution in [0.4, 0.5) is 5.69 Å². The van der Waals surface area contributed by atoms with Gasteiger partial charge in [-0.05, 0) is 24.6 Å². The smallest absolute Gasteiger partial charge is 0.274 e. The summed E-state index contributed by atoms with van der Waals surface area (Å²) in [5.41, 5.74) is 2.07. The van der Waals surface area contributed by atoms with Crippen LogP contribution in [0.25, 0.3) is 11.5 Å². The average molecular weight is 351 g/mol. The van der Waals surface area contributed by atoms with Crippen molar-refractivity contribution in [2.24, 2.45) is 0 Å². The molecular formula is C19H21N5O2. The summed E-state index contributed by atoms with van der Waals surface area (Å²) in [6, 6.07) is 11.0. The van der Waals surface area contributed by atoms with Crippen molar-refractivity contribution in [2.75, 3.05) is 5.32 Å². The molecule has 0 aliphatic carbocycles. The highest BCUT2D eigenvalue weighted by Gasteiger charge is 2.10. The van der Waals surface area contributed by atoms with Gasteiger partial charge in [0.2, 0.25) is 5.91 Å². The highest BCUT2D eigenvalue weighted by atomic mass is 16.2. The van der Waals surface area contributed by atoms with Gasteiger partial charge in [0.15, 0.2) is 5.82 Å². The summed E-state index contributed by atoms with van der Waals surface area (Å²) in [4.78, 5) is 30.9. The molecule has 2 aromatic heterocycles. The Balaban J connectivity index is 0.00000117. The second-order valence-electron chi connectivity index (χ2n) is 5.30. The molecule has 0 atom stereocenters. The minimum absolute atomic E-state index is 0.0975. The van der Waals surface area contributed by atoms with Crippen LogP contribution in [0.1, 0.15) is 25.0 Å². The first-order valence-electron chi connectivity index (χ1n) is 8.34. The molecule has 26 heavy (non-hydrogen) atoms. The first kappa shape index (κ1) is 19.0. The van der Waals surface area contributed by atoms with Crippen LogP contribution in [0.5, 0.6) is 0 Å². The van der Waals surface area contributed by atoms with Gasteiger partial charge in [-0.25, -0.2) is 4.98 Å². The minimum atomic E-state index is -0.441. The molecule has 0 aliphatic heterocycles. The molecule has 7 heteroatoms. The fourth-order valence-corrected chi connectivity index (χ4v) is 2.24. The predicted molar refractivity (Wildman–Crippen MR) is 101 cm³/mol. The third-order valence-electron chi connectivity index (χ3n) is 3.34. The molecule has 0 aliphatic rings. The van der Waals surface area contributed by atoms with E-state index in [1.807, 2.05) is 45.0 Å². The van der Waals surface area contributed by atoms with Crippen LogP contribution >= 0.6 is 0 Å². The Morgan fingerprint density at radius 3 is 2.65 bits per heavy atom. The van der Waals surface area contributed by atoms with Crippen molar-refractivity contribution in [1.29, 1.82) is 0 Å². The molecule has 2 N–H and O–H groups in total. The maximum atomic E-state index is 12.1. The summed E-state index contributed by atoms with van der Waals surface area (Å²) < 4.78 is 0. The van der Waals surface area contributed by atoms with Crippen LogP contribution in [0.15, 0.2) is 53.6 Å². The van der Waals surface area contributed by atoms with Crippen LogP contribution in [-0.2, 0) is 11.2 Å². The average Bonchev–Trinajstić information content (AvgIpc) is 2.66. The maximum absolute atomic E-state index is 12.1. The van der Waals surface area contributed by atoms with Crippen molar-refractivity contribution in [1.82, 2.24) is 20.2 Å². The second kappa shape index (κ2) is 9.22.